The van der Waals surface area contributed by atoms with Gasteiger partial charge < -0.3 is 5.73 Å². The molecule has 0 saturated heterocycles. The minimum atomic E-state index is 0.623. The van der Waals surface area contributed by atoms with Gasteiger partial charge in [-0.25, -0.2) is 0 Å². The third kappa shape index (κ3) is 1.51. The van der Waals surface area contributed by atoms with Gasteiger partial charge in [0.25, 0.3) is 0 Å². The topological polar surface area (TPSA) is 26.0 Å². The summed E-state index contributed by atoms with van der Waals surface area (Å²) in [6.07, 6.45) is 4.00. The van der Waals surface area contributed by atoms with Gasteiger partial charge in [-0.05, 0) is 48.8 Å². The minimum absolute atomic E-state index is 0.623. The fraction of sp³-hybridized carbons (Fsp3) is 0.538. The van der Waals surface area contributed by atoms with Crippen LogP contribution in [0.1, 0.15) is 30.7 Å². The Hall–Kier alpha value is -0.470. The van der Waals surface area contributed by atoms with Crippen LogP contribution in [-0.2, 0) is 0 Å². The molecule has 1 fully saturated rings. The van der Waals surface area contributed by atoms with E-state index < -0.39 is 0 Å². The monoisotopic (exact) mass is 219 g/mol. The van der Waals surface area contributed by atoms with Crippen molar-refractivity contribution in [2.45, 2.75) is 30.1 Å². The Labute approximate surface area is 95.4 Å². The lowest BCUT2D eigenvalue weighted by atomic mass is 9.81. The molecular weight excluding hydrogens is 202 g/mol. The predicted molar refractivity (Wildman–Crippen MR) is 65.2 cm³/mol. The standard InChI is InChI=1S/C13H17NS/c14-8-5-11-10-3-1-2-4-12(10)15-9-13(11)6-7-13/h1-4,11H,5-9,14H2. The highest BCUT2D eigenvalue weighted by Crippen LogP contribution is 2.63. The molecule has 0 bridgehead atoms. The zero-order chi connectivity index (χ0) is 10.3. The highest BCUT2D eigenvalue weighted by Gasteiger charge is 2.51. The van der Waals surface area contributed by atoms with Crippen molar-refractivity contribution in [3.8, 4) is 0 Å². The van der Waals surface area contributed by atoms with Gasteiger partial charge in [-0.3, -0.25) is 0 Å². The van der Waals surface area contributed by atoms with E-state index in [0.29, 0.717) is 5.41 Å². The lowest BCUT2D eigenvalue weighted by Crippen LogP contribution is -2.24. The van der Waals surface area contributed by atoms with E-state index in [9.17, 15) is 0 Å². The van der Waals surface area contributed by atoms with Crippen LogP contribution in [0.5, 0.6) is 0 Å². The number of hydrogen-bond acceptors (Lipinski definition) is 2. The number of fused-ring (bicyclic) bond motifs is 1. The maximum absolute atomic E-state index is 5.76. The molecule has 15 heavy (non-hydrogen) atoms. The van der Waals surface area contributed by atoms with Crippen LogP contribution in [0.3, 0.4) is 0 Å². The molecule has 2 heteroatoms. The fourth-order valence-electron chi connectivity index (χ4n) is 2.83. The molecule has 1 nitrogen and oxygen atoms in total. The average molecular weight is 219 g/mol. The first-order chi connectivity index (χ1) is 7.36. The second kappa shape index (κ2) is 3.53. The van der Waals surface area contributed by atoms with E-state index in [0.717, 1.165) is 18.9 Å². The number of hydrogen-bond donors (Lipinski definition) is 1. The van der Waals surface area contributed by atoms with E-state index in [-0.39, 0.29) is 0 Å². The summed E-state index contributed by atoms with van der Waals surface area (Å²) < 4.78 is 0. The zero-order valence-electron chi connectivity index (χ0n) is 8.91. The van der Waals surface area contributed by atoms with Crippen molar-refractivity contribution < 1.29 is 0 Å². The summed E-state index contributed by atoms with van der Waals surface area (Å²) in [5.74, 6) is 2.05. The summed E-state index contributed by atoms with van der Waals surface area (Å²) in [6, 6.07) is 8.89. The summed E-state index contributed by atoms with van der Waals surface area (Å²) in [7, 11) is 0. The molecule has 1 saturated carbocycles. The molecule has 1 atom stereocenters. The average Bonchev–Trinajstić information content (AvgIpc) is 3.04. The zero-order valence-corrected chi connectivity index (χ0v) is 9.72. The van der Waals surface area contributed by atoms with Crippen molar-refractivity contribution in [3.63, 3.8) is 0 Å². The van der Waals surface area contributed by atoms with E-state index in [4.69, 9.17) is 5.73 Å². The fourth-order valence-corrected chi connectivity index (χ4v) is 4.32. The minimum Gasteiger partial charge on any atom is -0.330 e. The molecule has 2 N–H and O–H groups in total. The van der Waals surface area contributed by atoms with Gasteiger partial charge >= 0.3 is 0 Å². The van der Waals surface area contributed by atoms with Gasteiger partial charge in [0.15, 0.2) is 0 Å². The van der Waals surface area contributed by atoms with Crippen molar-refractivity contribution in [2.75, 3.05) is 12.3 Å². The molecule has 0 radical (unpaired) electrons. The third-order valence-corrected chi connectivity index (χ3v) is 5.30. The van der Waals surface area contributed by atoms with Crippen molar-refractivity contribution in [1.29, 1.82) is 0 Å². The lowest BCUT2D eigenvalue weighted by Gasteiger charge is -2.33. The van der Waals surface area contributed by atoms with Gasteiger partial charge in [0.1, 0.15) is 0 Å². The maximum atomic E-state index is 5.76. The molecule has 0 aromatic heterocycles. The van der Waals surface area contributed by atoms with Crippen LogP contribution in [0.2, 0.25) is 0 Å². The first-order valence-corrected chi connectivity index (χ1v) is 6.76. The normalized spacial score (nSPS) is 26.3. The van der Waals surface area contributed by atoms with Crippen LogP contribution >= 0.6 is 11.8 Å². The van der Waals surface area contributed by atoms with Crippen molar-refractivity contribution in [1.82, 2.24) is 0 Å². The molecular formula is C13H17NS. The summed E-state index contributed by atoms with van der Waals surface area (Å²) in [5, 5.41) is 0. The Kier molecular flexibility index (Phi) is 2.29. The number of rotatable bonds is 2. The van der Waals surface area contributed by atoms with Gasteiger partial charge in [0, 0.05) is 10.6 Å². The first kappa shape index (κ1) is 9.73. The molecule has 1 unspecified atom stereocenters. The summed E-state index contributed by atoms with van der Waals surface area (Å²) in [6.45, 7) is 0.825. The van der Waals surface area contributed by atoms with Gasteiger partial charge in [-0.2, -0.15) is 0 Å². The molecule has 1 heterocycles. The second-order valence-corrected chi connectivity index (χ2v) is 5.84. The van der Waals surface area contributed by atoms with E-state index in [1.807, 2.05) is 11.8 Å². The molecule has 1 spiro atoms. The van der Waals surface area contributed by atoms with Crippen molar-refractivity contribution in [2.24, 2.45) is 11.1 Å². The molecule has 1 aromatic carbocycles. The molecule has 2 aliphatic rings. The molecule has 1 aromatic rings. The number of benzene rings is 1. The van der Waals surface area contributed by atoms with Crippen LogP contribution in [-0.4, -0.2) is 12.3 Å². The molecule has 1 aliphatic heterocycles. The van der Waals surface area contributed by atoms with Gasteiger partial charge in [-0.1, -0.05) is 18.2 Å². The molecule has 0 amide bonds. The van der Waals surface area contributed by atoms with Crippen LogP contribution in [0, 0.1) is 5.41 Å². The van der Waals surface area contributed by atoms with Crippen molar-refractivity contribution >= 4 is 11.8 Å². The third-order valence-electron chi connectivity index (χ3n) is 3.90. The lowest BCUT2D eigenvalue weighted by molar-refractivity contribution is 0.414. The summed E-state index contributed by atoms with van der Waals surface area (Å²) in [5.41, 5.74) is 7.95. The van der Waals surface area contributed by atoms with Gasteiger partial charge in [0.2, 0.25) is 0 Å². The Morgan fingerprint density at radius 2 is 2.13 bits per heavy atom. The second-order valence-electron chi connectivity index (χ2n) is 4.82. The predicted octanol–water partition coefficient (Wildman–Crippen LogP) is 3.00. The highest BCUT2D eigenvalue weighted by molar-refractivity contribution is 7.99. The Morgan fingerprint density at radius 3 is 2.87 bits per heavy atom. The number of nitrogens with two attached hydrogens (primary N) is 1. The smallest absolute Gasteiger partial charge is 0.0107 e. The first-order valence-electron chi connectivity index (χ1n) is 5.77. The van der Waals surface area contributed by atoms with Crippen LogP contribution < -0.4 is 5.73 Å². The van der Waals surface area contributed by atoms with Crippen molar-refractivity contribution in [3.05, 3.63) is 29.8 Å². The molecule has 3 rings (SSSR count). The molecule has 1 aliphatic carbocycles. The van der Waals surface area contributed by atoms with E-state index in [1.54, 1.807) is 5.56 Å². The van der Waals surface area contributed by atoms with Gasteiger partial charge in [-0.15, -0.1) is 11.8 Å². The Bertz CT molecular complexity index is 371. The van der Waals surface area contributed by atoms with Crippen LogP contribution in [0.25, 0.3) is 0 Å². The highest BCUT2D eigenvalue weighted by atomic mass is 32.2. The Morgan fingerprint density at radius 1 is 1.33 bits per heavy atom. The van der Waals surface area contributed by atoms with Crippen LogP contribution in [0.4, 0.5) is 0 Å². The largest absolute Gasteiger partial charge is 0.330 e. The summed E-state index contributed by atoms with van der Waals surface area (Å²) in [4.78, 5) is 1.49. The van der Waals surface area contributed by atoms with E-state index in [2.05, 4.69) is 24.3 Å². The Balaban J connectivity index is 2.00. The maximum Gasteiger partial charge on any atom is 0.0107 e. The number of thioether (sulfide) groups is 1. The summed E-state index contributed by atoms with van der Waals surface area (Å²) >= 11 is 2.05. The molecule has 80 valence electrons. The van der Waals surface area contributed by atoms with Crippen LogP contribution in [0.15, 0.2) is 29.2 Å². The quantitative estimate of drug-likeness (QED) is 0.827. The van der Waals surface area contributed by atoms with Gasteiger partial charge in [0.05, 0.1) is 0 Å². The van der Waals surface area contributed by atoms with E-state index in [1.165, 1.54) is 23.5 Å². The SMILES string of the molecule is NCCC1c2ccccc2SCC12CC2. The van der Waals surface area contributed by atoms with E-state index >= 15 is 0 Å².